The summed E-state index contributed by atoms with van der Waals surface area (Å²) in [5, 5.41) is 7.94. The Bertz CT molecular complexity index is 891. The maximum Gasteiger partial charge on any atom is 0.251 e. The second-order valence-electron chi connectivity index (χ2n) is 9.73. The highest BCUT2D eigenvalue weighted by molar-refractivity contribution is 8.00. The molecule has 1 saturated carbocycles. The van der Waals surface area contributed by atoms with E-state index < -0.39 is 0 Å². The highest BCUT2D eigenvalue weighted by Gasteiger charge is 2.40. The van der Waals surface area contributed by atoms with Crippen molar-refractivity contribution in [2.75, 3.05) is 17.2 Å². The van der Waals surface area contributed by atoms with E-state index in [1.54, 1.807) is 6.08 Å². The van der Waals surface area contributed by atoms with Gasteiger partial charge in [0.05, 0.1) is 17.1 Å². The Balaban J connectivity index is 1.51. The molecule has 1 unspecified atom stereocenters. The van der Waals surface area contributed by atoms with Gasteiger partial charge >= 0.3 is 0 Å². The molecule has 2 fully saturated rings. The summed E-state index contributed by atoms with van der Waals surface area (Å²) in [6.45, 7) is 4.76. The number of hydrogen-bond donors (Lipinski definition) is 1. The van der Waals surface area contributed by atoms with Gasteiger partial charge in [0.15, 0.2) is 0 Å². The monoisotopic (exact) mass is 451 g/mol. The fraction of sp³-hybridized carbons (Fsp3) is 0.556. The number of nitrogens with zero attached hydrogens (tertiary/aromatic N) is 2. The van der Waals surface area contributed by atoms with Gasteiger partial charge in [-0.05, 0) is 55.9 Å². The molecule has 1 saturated heterocycles. The summed E-state index contributed by atoms with van der Waals surface area (Å²) in [7, 11) is 0. The van der Waals surface area contributed by atoms with E-state index in [9.17, 15) is 4.79 Å². The number of rotatable bonds is 5. The maximum absolute atomic E-state index is 13.4. The van der Waals surface area contributed by atoms with Gasteiger partial charge in [0.2, 0.25) is 0 Å². The van der Waals surface area contributed by atoms with Gasteiger partial charge < -0.3 is 4.90 Å². The van der Waals surface area contributed by atoms with Crippen molar-refractivity contribution < 1.29 is 4.79 Å². The van der Waals surface area contributed by atoms with Crippen molar-refractivity contribution in [3.8, 4) is 0 Å². The second-order valence-corrected chi connectivity index (χ2v) is 11.0. The van der Waals surface area contributed by atoms with Crippen LogP contribution in [0.15, 0.2) is 36.4 Å². The van der Waals surface area contributed by atoms with Crippen molar-refractivity contribution in [3.05, 3.63) is 53.4 Å². The van der Waals surface area contributed by atoms with E-state index in [0.717, 1.165) is 29.2 Å². The highest BCUT2D eigenvalue weighted by Crippen LogP contribution is 2.49. The Kier molecular flexibility index (Phi) is 7.77. The van der Waals surface area contributed by atoms with Gasteiger partial charge in [0.1, 0.15) is 0 Å². The van der Waals surface area contributed by atoms with Crippen LogP contribution < -0.4 is 4.90 Å². The molecule has 1 aliphatic heterocycles. The normalized spacial score (nSPS) is 21.4. The minimum atomic E-state index is 0.0393. The number of thioether (sulfide) groups is 1. The van der Waals surface area contributed by atoms with E-state index in [1.807, 2.05) is 55.2 Å². The number of anilines is 1. The molecule has 1 aromatic carbocycles. The molecule has 1 spiro atoms. The predicted octanol–water partition coefficient (Wildman–Crippen LogP) is 6.70. The molecule has 5 heteroatoms. The topological polar surface area (TPSA) is 49.0 Å². The number of aryl methyl sites for hydroxylation is 2. The lowest BCUT2D eigenvalue weighted by Gasteiger charge is -2.30. The van der Waals surface area contributed by atoms with Crippen LogP contribution >= 0.6 is 11.8 Å². The zero-order valence-electron chi connectivity index (χ0n) is 19.6. The van der Waals surface area contributed by atoms with E-state index in [0.29, 0.717) is 10.7 Å². The molecule has 0 radical (unpaired) electrons. The van der Waals surface area contributed by atoms with Gasteiger partial charge in [-0.15, -0.1) is 0 Å². The summed E-state index contributed by atoms with van der Waals surface area (Å²) in [5.41, 5.74) is 4.33. The summed E-state index contributed by atoms with van der Waals surface area (Å²) in [4.78, 5) is 15.4. The third-order valence-electron chi connectivity index (χ3n) is 7.18. The number of amides is 1. The third-order valence-corrected chi connectivity index (χ3v) is 8.75. The van der Waals surface area contributed by atoms with E-state index in [-0.39, 0.29) is 5.91 Å². The summed E-state index contributed by atoms with van der Waals surface area (Å²) in [6.07, 6.45) is 15.9. The van der Waals surface area contributed by atoms with Crippen molar-refractivity contribution in [2.45, 2.75) is 76.9 Å². The Morgan fingerprint density at radius 1 is 1.12 bits per heavy atom. The Labute approximate surface area is 197 Å². The second kappa shape index (κ2) is 10.7. The lowest BCUT2D eigenvalue weighted by molar-refractivity contribution is -0.114. The number of carbonyl (C=O) groups is 1. The lowest BCUT2D eigenvalue weighted by Crippen LogP contribution is -2.36. The molecule has 172 valence electrons. The molecule has 2 aliphatic rings. The zero-order chi connectivity index (χ0) is 22.4. The molecular weight excluding hydrogens is 414 g/mol. The van der Waals surface area contributed by atoms with Gasteiger partial charge in [0, 0.05) is 17.9 Å². The van der Waals surface area contributed by atoms with Gasteiger partial charge in [-0.1, -0.05) is 68.9 Å². The summed E-state index contributed by atoms with van der Waals surface area (Å²) < 4.78 is 0. The minimum absolute atomic E-state index is 0.0393. The fourth-order valence-electron chi connectivity index (χ4n) is 5.45. The van der Waals surface area contributed by atoms with Crippen molar-refractivity contribution in [1.82, 2.24) is 10.2 Å². The molecule has 1 aliphatic carbocycles. The lowest BCUT2D eigenvalue weighted by atomic mass is 9.77. The molecule has 1 N–H and O–H groups in total. The smallest absolute Gasteiger partial charge is 0.251 e. The minimum Gasteiger partial charge on any atom is -0.304 e. The number of benzene rings is 1. The molecule has 0 bridgehead atoms. The molecule has 1 atom stereocenters. The van der Waals surface area contributed by atoms with Gasteiger partial charge in [-0.2, -0.15) is 16.9 Å². The molecule has 4 rings (SSSR count). The Morgan fingerprint density at radius 2 is 1.81 bits per heavy atom. The van der Waals surface area contributed by atoms with Crippen molar-refractivity contribution in [2.24, 2.45) is 5.41 Å². The van der Waals surface area contributed by atoms with Gasteiger partial charge in [0.25, 0.3) is 5.91 Å². The van der Waals surface area contributed by atoms with Crippen LogP contribution in [0, 0.1) is 19.3 Å². The molecular formula is C27H37N3OS. The number of nitrogens with one attached hydrogen (secondary N) is 1. The standard InChI is InChI=1S/C27H37N3OS/c1-21-26(22(2)29-28-21)30(25(31)15-14-23-12-8-7-9-13-23)19-24-18-27(20-32-24)16-10-5-3-4-6-11-17-27/h7-9,12-15,24H,3-6,10-11,16-20H2,1-2H3,(H,28,29)/b15-14+. The van der Waals surface area contributed by atoms with Crippen molar-refractivity contribution >= 4 is 29.4 Å². The van der Waals surface area contributed by atoms with Gasteiger partial charge in [-0.3, -0.25) is 9.89 Å². The van der Waals surface area contributed by atoms with Crippen LogP contribution in [0.2, 0.25) is 0 Å². The number of aromatic nitrogens is 2. The third kappa shape index (κ3) is 5.67. The average Bonchev–Trinajstić information content (AvgIpc) is 3.38. The molecule has 1 aromatic heterocycles. The first kappa shape index (κ1) is 23.2. The van der Waals surface area contributed by atoms with Crippen LogP contribution in [0.1, 0.15) is 74.7 Å². The van der Waals surface area contributed by atoms with Crippen LogP contribution in [0.25, 0.3) is 6.08 Å². The number of hydrogen-bond acceptors (Lipinski definition) is 3. The number of H-pyrrole nitrogens is 1. The van der Waals surface area contributed by atoms with Crippen LogP contribution in [0.5, 0.6) is 0 Å². The average molecular weight is 452 g/mol. The number of carbonyl (C=O) groups excluding carboxylic acids is 1. The molecule has 2 heterocycles. The van der Waals surface area contributed by atoms with Gasteiger partial charge in [-0.25, -0.2) is 0 Å². The van der Waals surface area contributed by atoms with Crippen LogP contribution in [-0.2, 0) is 4.79 Å². The maximum atomic E-state index is 13.4. The molecule has 1 amide bonds. The molecule has 32 heavy (non-hydrogen) atoms. The van der Waals surface area contributed by atoms with Crippen molar-refractivity contribution in [1.29, 1.82) is 0 Å². The first-order valence-corrected chi connectivity index (χ1v) is 13.3. The SMILES string of the molecule is Cc1n[nH]c(C)c1N(CC1CC2(CCCCCCCC2)CS1)C(=O)/C=C/c1ccccc1. The van der Waals surface area contributed by atoms with E-state index >= 15 is 0 Å². The Morgan fingerprint density at radius 3 is 2.47 bits per heavy atom. The zero-order valence-corrected chi connectivity index (χ0v) is 20.4. The first-order valence-electron chi connectivity index (χ1n) is 12.2. The molecule has 2 aromatic rings. The summed E-state index contributed by atoms with van der Waals surface area (Å²) in [6, 6.07) is 10.0. The largest absolute Gasteiger partial charge is 0.304 e. The van der Waals surface area contributed by atoms with E-state index in [4.69, 9.17) is 0 Å². The fourth-order valence-corrected chi connectivity index (χ4v) is 7.17. The van der Waals surface area contributed by atoms with Crippen LogP contribution in [0.4, 0.5) is 5.69 Å². The summed E-state index contributed by atoms with van der Waals surface area (Å²) in [5.74, 6) is 1.29. The first-order chi connectivity index (χ1) is 15.6. The molecule has 4 nitrogen and oxygen atoms in total. The van der Waals surface area contributed by atoms with Crippen LogP contribution in [0.3, 0.4) is 0 Å². The van der Waals surface area contributed by atoms with E-state index in [1.165, 1.54) is 63.5 Å². The Hall–Kier alpha value is -2.01. The highest BCUT2D eigenvalue weighted by atomic mass is 32.2. The van der Waals surface area contributed by atoms with Crippen LogP contribution in [-0.4, -0.2) is 33.7 Å². The quantitative estimate of drug-likeness (QED) is 0.515. The van der Waals surface area contributed by atoms with Crippen molar-refractivity contribution in [3.63, 3.8) is 0 Å². The number of aromatic amines is 1. The van der Waals surface area contributed by atoms with E-state index in [2.05, 4.69) is 22.0 Å². The predicted molar refractivity (Wildman–Crippen MR) is 136 cm³/mol. The summed E-state index contributed by atoms with van der Waals surface area (Å²) >= 11 is 2.09.